The van der Waals surface area contributed by atoms with E-state index in [9.17, 15) is 9.59 Å². The van der Waals surface area contributed by atoms with Crippen LogP contribution in [0.1, 0.15) is 20.7 Å². The molecule has 0 aliphatic heterocycles. The fourth-order valence-electron chi connectivity index (χ4n) is 1.06. The third-order valence-electron chi connectivity index (χ3n) is 1.67. The van der Waals surface area contributed by atoms with Gasteiger partial charge in [0.25, 0.3) is 0 Å². The van der Waals surface area contributed by atoms with Crippen molar-refractivity contribution in [3.63, 3.8) is 0 Å². The highest BCUT2D eigenvalue weighted by atomic mass is 16.5. The fraction of sp³-hybridized carbons (Fsp3) is 0.111. The zero-order chi connectivity index (χ0) is 9.84. The third kappa shape index (κ3) is 1.66. The Bertz CT molecular complexity index is 347. The maximum atomic E-state index is 10.9. The molecule has 0 bridgehead atoms. The number of methoxy groups -OCH3 is 1. The standard InChI is InChI=1S/C9H9NO3/c1-13-8-4-2-3-6(9(10)12)7(8)5-11/h2-5H,1H3,(H2,10,12). The lowest BCUT2D eigenvalue weighted by molar-refractivity contribution is 0.0992. The molecule has 4 nitrogen and oxygen atoms in total. The second kappa shape index (κ2) is 3.71. The summed E-state index contributed by atoms with van der Waals surface area (Å²) in [6, 6.07) is 4.68. The summed E-state index contributed by atoms with van der Waals surface area (Å²) >= 11 is 0. The van der Waals surface area contributed by atoms with E-state index in [1.54, 1.807) is 12.1 Å². The summed E-state index contributed by atoms with van der Waals surface area (Å²) in [6.45, 7) is 0. The molecule has 68 valence electrons. The predicted molar refractivity (Wildman–Crippen MR) is 46.9 cm³/mol. The molecule has 0 atom stereocenters. The lowest BCUT2D eigenvalue weighted by atomic mass is 10.1. The van der Waals surface area contributed by atoms with Gasteiger partial charge in [0.1, 0.15) is 5.75 Å². The van der Waals surface area contributed by atoms with Gasteiger partial charge in [-0.15, -0.1) is 0 Å². The molecule has 1 rings (SSSR count). The van der Waals surface area contributed by atoms with E-state index in [-0.39, 0.29) is 11.1 Å². The second-order valence-electron chi connectivity index (χ2n) is 2.40. The normalized spacial score (nSPS) is 9.31. The molecule has 0 aliphatic carbocycles. The van der Waals surface area contributed by atoms with Crippen LogP contribution >= 0.6 is 0 Å². The lowest BCUT2D eigenvalue weighted by Crippen LogP contribution is -2.14. The van der Waals surface area contributed by atoms with Crippen LogP contribution in [0.3, 0.4) is 0 Å². The van der Waals surface area contributed by atoms with Crippen LogP contribution in [-0.2, 0) is 0 Å². The number of carbonyl (C=O) groups is 2. The molecular formula is C9H9NO3. The van der Waals surface area contributed by atoms with Crippen molar-refractivity contribution in [2.24, 2.45) is 5.73 Å². The van der Waals surface area contributed by atoms with Gasteiger partial charge in [0.15, 0.2) is 6.29 Å². The van der Waals surface area contributed by atoms with Gasteiger partial charge in [-0.05, 0) is 12.1 Å². The molecule has 0 spiro atoms. The maximum absolute atomic E-state index is 10.9. The van der Waals surface area contributed by atoms with Crippen molar-refractivity contribution < 1.29 is 14.3 Å². The molecule has 1 amide bonds. The molecular weight excluding hydrogens is 170 g/mol. The maximum Gasteiger partial charge on any atom is 0.249 e. The van der Waals surface area contributed by atoms with Crippen LogP contribution in [0, 0.1) is 0 Å². The molecule has 0 saturated carbocycles. The highest BCUT2D eigenvalue weighted by Gasteiger charge is 2.11. The minimum absolute atomic E-state index is 0.175. The Kier molecular flexibility index (Phi) is 2.64. The number of aldehydes is 1. The van der Waals surface area contributed by atoms with Crippen LogP contribution in [-0.4, -0.2) is 19.3 Å². The van der Waals surface area contributed by atoms with E-state index in [1.807, 2.05) is 0 Å². The van der Waals surface area contributed by atoms with Crippen molar-refractivity contribution in [3.8, 4) is 5.75 Å². The average Bonchev–Trinajstić information content (AvgIpc) is 2.16. The van der Waals surface area contributed by atoms with E-state index in [0.717, 1.165) is 0 Å². The topological polar surface area (TPSA) is 69.4 Å². The molecule has 0 aliphatic rings. The molecule has 0 aromatic heterocycles. The van der Waals surface area contributed by atoms with Gasteiger partial charge < -0.3 is 10.5 Å². The Morgan fingerprint density at radius 3 is 2.69 bits per heavy atom. The summed E-state index contributed by atoms with van der Waals surface area (Å²) < 4.78 is 4.89. The number of ether oxygens (including phenoxy) is 1. The quantitative estimate of drug-likeness (QED) is 0.691. The van der Waals surface area contributed by atoms with Gasteiger partial charge in [0, 0.05) is 0 Å². The summed E-state index contributed by atoms with van der Waals surface area (Å²) in [5.41, 5.74) is 5.43. The first kappa shape index (κ1) is 9.25. The van der Waals surface area contributed by atoms with Crippen molar-refractivity contribution in [1.29, 1.82) is 0 Å². The number of carbonyl (C=O) groups excluding carboxylic acids is 2. The number of hydrogen-bond donors (Lipinski definition) is 1. The van der Waals surface area contributed by atoms with Gasteiger partial charge in [0.2, 0.25) is 5.91 Å². The number of rotatable bonds is 3. The molecule has 0 radical (unpaired) electrons. The summed E-state index contributed by atoms with van der Waals surface area (Å²) in [6.07, 6.45) is 0.554. The Balaban J connectivity index is 3.35. The van der Waals surface area contributed by atoms with E-state index in [4.69, 9.17) is 10.5 Å². The molecule has 2 N–H and O–H groups in total. The molecule has 1 aromatic rings. The summed E-state index contributed by atoms with van der Waals surface area (Å²) in [5.74, 6) is -0.285. The van der Waals surface area contributed by atoms with Crippen molar-refractivity contribution in [3.05, 3.63) is 29.3 Å². The van der Waals surface area contributed by atoms with E-state index in [1.165, 1.54) is 13.2 Å². The smallest absolute Gasteiger partial charge is 0.249 e. The SMILES string of the molecule is COc1cccc(C(N)=O)c1C=O. The van der Waals surface area contributed by atoms with Crippen molar-refractivity contribution in [1.82, 2.24) is 0 Å². The highest BCUT2D eigenvalue weighted by Crippen LogP contribution is 2.19. The first-order valence-electron chi connectivity index (χ1n) is 3.62. The van der Waals surface area contributed by atoms with Crippen molar-refractivity contribution in [2.45, 2.75) is 0 Å². The van der Waals surface area contributed by atoms with Gasteiger partial charge >= 0.3 is 0 Å². The van der Waals surface area contributed by atoms with E-state index in [0.29, 0.717) is 12.0 Å². The number of primary amides is 1. The molecule has 0 saturated heterocycles. The molecule has 0 heterocycles. The number of amides is 1. The summed E-state index contributed by atoms with van der Waals surface area (Å²) in [7, 11) is 1.42. The molecule has 1 aromatic carbocycles. The van der Waals surface area contributed by atoms with E-state index in [2.05, 4.69) is 0 Å². The van der Waals surface area contributed by atoms with Crippen molar-refractivity contribution in [2.75, 3.05) is 7.11 Å². The largest absolute Gasteiger partial charge is 0.496 e. The lowest BCUT2D eigenvalue weighted by Gasteiger charge is -2.05. The van der Waals surface area contributed by atoms with Crippen LogP contribution in [0.4, 0.5) is 0 Å². The van der Waals surface area contributed by atoms with Gasteiger partial charge in [-0.3, -0.25) is 9.59 Å². The monoisotopic (exact) mass is 179 g/mol. The van der Waals surface area contributed by atoms with Gasteiger partial charge in [-0.25, -0.2) is 0 Å². The number of nitrogens with two attached hydrogens (primary N) is 1. The number of benzene rings is 1. The van der Waals surface area contributed by atoms with Crippen LogP contribution in [0.5, 0.6) is 5.75 Å². The third-order valence-corrected chi connectivity index (χ3v) is 1.67. The van der Waals surface area contributed by atoms with E-state index < -0.39 is 5.91 Å². The Morgan fingerprint density at radius 1 is 1.54 bits per heavy atom. The van der Waals surface area contributed by atoms with Crippen LogP contribution in [0.15, 0.2) is 18.2 Å². The zero-order valence-electron chi connectivity index (χ0n) is 7.11. The summed E-state index contributed by atoms with van der Waals surface area (Å²) in [5, 5.41) is 0. The highest BCUT2D eigenvalue weighted by molar-refractivity contribution is 6.01. The first-order valence-corrected chi connectivity index (χ1v) is 3.62. The Labute approximate surface area is 75.3 Å². The molecule has 13 heavy (non-hydrogen) atoms. The minimum Gasteiger partial charge on any atom is -0.496 e. The Morgan fingerprint density at radius 2 is 2.23 bits per heavy atom. The average molecular weight is 179 g/mol. The first-order chi connectivity index (χ1) is 6.20. The van der Waals surface area contributed by atoms with Crippen LogP contribution in [0.25, 0.3) is 0 Å². The molecule has 4 heteroatoms. The fourth-order valence-corrected chi connectivity index (χ4v) is 1.06. The van der Waals surface area contributed by atoms with Crippen LogP contribution in [0.2, 0.25) is 0 Å². The van der Waals surface area contributed by atoms with Gasteiger partial charge in [-0.1, -0.05) is 6.07 Å². The second-order valence-corrected chi connectivity index (χ2v) is 2.40. The molecule has 0 unspecified atom stereocenters. The number of hydrogen-bond acceptors (Lipinski definition) is 3. The zero-order valence-corrected chi connectivity index (χ0v) is 7.11. The molecule has 0 fully saturated rings. The predicted octanol–water partition coefficient (Wildman–Crippen LogP) is 0.607. The van der Waals surface area contributed by atoms with Crippen molar-refractivity contribution >= 4 is 12.2 Å². The summed E-state index contributed by atoms with van der Waals surface area (Å²) in [4.78, 5) is 21.5. The van der Waals surface area contributed by atoms with Crippen LogP contribution < -0.4 is 10.5 Å². The van der Waals surface area contributed by atoms with Gasteiger partial charge in [0.05, 0.1) is 18.2 Å². The van der Waals surface area contributed by atoms with Gasteiger partial charge in [-0.2, -0.15) is 0 Å². The van der Waals surface area contributed by atoms with E-state index >= 15 is 0 Å². The Hall–Kier alpha value is -1.84. The minimum atomic E-state index is -0.638.